The zero-order chi connectivity index (χ0) is 18.4. The molecular weight excluding hydrogens is 346 g/mol. The van der Waals surface area contributed by atoms with E-state index in [1.165, 1.54) is 11.8 Å². The number of aliphatic carboxylic acids is 1. The van der Waals surface area contributed by atoms with Crippen LogP contribution in [0.5, 0.6) is 0 Å². The van der Waals surface area contributed by atoms with Crippen molar-refractivity contribution in [3.05, 3.63) is 45.1 Å². The van der Waals surface area contributed by atoms with Crippen LogP contribution in [-0.4, -0.2) is 44.6 Å². The third-order valence-electron chi connectivity index (χ3n) is 3.70. The van der Waals surface area contributed by atoms with E-state index >= 15 is 0 Å². The van der Waals surface area contributed by atoms with Gasteiger partial charge in [0.15, 0.2) is 0 Å². The predicted octanol–water partition coefficient (Wildman–Crippen LogP) is 0.402. The normalized spacial score (nSPS) is 12.0. The van der Waals surface area contributed by atoms with Crippen molar-refractivity contribution >= 4 is 34.5 Å². The fourth-order valence-corrected chi connectivity index (χ4v) is 2.85. The number of para-hydroxylation sites is 1. The van der Waals surface area contributed by atoms with Gasteiger partial charge in [-0.05, 0) is 30.6 Å². The van der Waals surface area contributed by atoms with Crippen LogP contribution in [0, 0.1) is 0 Å². The summed E-state index contributed by atoms with van der Waals surface area (Å²) in [6.45, 7) is -0.125. The average molecular weight is 365 g/mol. The minimum absolute atomic E-state index is 0.125. The monoisotopic (exact) mass is 365 g/mol. The summed E-state index contributed by atoms with van der Waals surface area (Å²) in [4.78, 5) is 50.1. The van der Waals surface area contributed by atoms with Gasteiger partial charge in [-0.25, -0.2) is 9.59 Å². The molecule has 134 valence electrons. The fourth-order valence-electron chi connectivity index (χ4n) is 2.37. The molecule has 2 rings (SSSR count). The Bertz CT molecular complexity index is 889. The number of carbonyl (C=O) groups is 2. The highest BCUT2D eigenvalue weighted by atomic mass is 32.2. The highest BCUT2D eigenvalue weighted by Gasteiger charge is 2.19. The third-order valence-corrected chi connectivity index (χ3v) is 4.34. The van der Waals surface area contributed by atoms with Gasteiger partial charge in [0, 0.05) is 13.0 Å². The maximum absolute atomic E-state index is 12.3. The van der Waals surface area contributed by atoms with E-state index in [1.54, 1.807) is 24.3 Å². The number of rotatable bonds is 8. The first kappa shape index (κ1) is 18.8. The van der Waals surface area contributed by atoms with Gasteiger partial charge < -0.3 is 15.4 Å². The number of H-pyrrole nitrogens is 1. The molecule has 9 heteroatoms. The lowest BCUT2D eigenvalue weighted by Gasteiger charge is -2.14. The lowest BCUT2D eigenvalue weighted by atomic mass is 10.2. The summed E-state index contributed by atoms with van der Waals surface area (Å²) >= 11 is 1.48. The molecule has 0 fully saturated rings. The largest absolute Gasteiger partial charge is 0.480 e. The Hall–Kier alpha value is -2.55. The molecule has 0 unspecified atom stereocenters. The summed E-state index contributed by atoms with van der Waals surface area (Å²) in [6, 6.07) is 5.62. The highest BCUT2D eigenvalue weighted by Crippen LogP contribution is 2.04. The first-order chi connectivity index (χ1) is 11.9. The van der Waals surface area contributed by atoms with Crippen molar-refractivity contribution < 1.29 is 14.7 Å². The highest BCUT2D eigenvalue weighted by molar-refractivity contribution is 7.98. The molecule has 0 aliphatic heterocycles. The van der Waals surface area contributed by atoms with Gasteiger partial charge in [-0.3, -0.25) is 14.2 Å². The summed E-state index contributed by atoms with van der Waals surface area (Å²) < 4.78 is 0.944. The number of aromatic amines is 1. The number of carbonyl (C=O) groups excluding carboxylic acids is 1. The first-order valence-corrected chi connectivity index (χ1v) is 9.06. The number of benzene rings is 1. The first-order valence-electron chi connectivity index (χ1n) is 7.67. The minimum atomic E-state index is -1.11. The summed E-state index contributed by atoms with van der Waals surface area (Å²) in [5.41, 5.74) is -0.654. The Kier molecular flexibility index (Phi) is 6.40. The molecule has 3 N–H and O–H groups in total. The van der Waals surface area contributed by atoms with Crippen molar-refractivity contribution in [2.45, 2.75) is 25.4 Å². The molecule has 0 aliphatic carbocycles. The summed E-state index contributed by atoms with van der Waals surface area (Å²) in [6.07, 6.45) is 1.99. The number of hydrogen-bond acceptors (Lipinski definition) is 5. The molecular formula is C16H19N3O5S. The SMILES string of the molecule is CSCC[C@@H](NC(=O)CCn1c(=O)[nH]c2ccccc2c1=O)C(=O)O. The van der Waals surface area contributed by atoms with Crippen molar-refractivity contribution in [1.82, 2.24) is 14.9 Å². The maximum Gasteiger partial charge on any atom is 0.328 e. The molecule has 0 radical (unpaired) electrons. The minimum Gasteiger partial charge on any atom is -0.480 e. The number of nitrogens with zero attached hydrogens (tertiary/aromatic N) is 1. The number of carboxylic acid groups (broad SMARTS) is 1. The smallest absolute Gasteiger partial charge is 0.328 e. The van der Waals surface area contributed by atoms with Crippen LogP contribution in [0.15, 0.2) is 33.9 Å². The summed E-state index contributed by atoms with van der Waals surface area (Å²) in [5, 5.41) is 11.9. The van der Waals surface area contributed by atoms with Crippen LogP contribution in [-0.2, 0) is 16.1 Å². The van der Waals surface area contributed by atoms with E-state index in [9.17, 15) is 19.2 Å². The standard InChI is InChI=1S/C16H19N3O5S/c1-25-9-7-12(15(22)23)17-13(20)6-8-19-14(21)10-4-2-3-5-11(10)18-16(19)24/h2-5,12H,6-9H2,1H3,(H,17,20)(H,18,24)(H,22,23)/t12-/m1/s1. The number of fused-ring (bicyclic) bond motifs is 1. The maximum atomic E-state index is 12.3. The number of hydrogen-bond donors (Lipinski definition) is 3. The fraction of sp³-hybridized carbons (Fsp3) is 0.375. The van der Waals surface area contributed by atoms with Crippen LogP contribution >= 0.6 is 11.8 Å². The molecule has 0 bridgehead atoms. The van der Waals surface area contributed by atoms with Crippen LogP contribution in [0.4, 0.5) is 0 Å². The molecule has 1 amide bonds. The van der Waals surface area contributed by atoms with Gasteiger partial charge in [-0.2, -0.15) is 11.8 Å². The Balaban J connectivity index is 2.09. The van der Waals surface area contributed by atoms with E-state index in [1.807, 2.05) is 6.26 Å². The summed E-state index contributed by atoms with van der Waals surface area (Å²) in [7, 11) is 0. The number of thioether (sulfide) groups is 1. The van der Waals surface area contributed by atoms with Crippen LogP contribution in [0.2, 0.25) is 0 Å². The topological polar surface area (TPSA) is 121 Å². The van der Waals surface area contributed by atoms with E-state index in [0.29, 0.717) is 23.1 Å². The van der Waals surface area contributed by atoms with E-state index in [-0.39, 0.29) is 13.0 Å². The molecule has 0 saturated heterocycles. The predicted molar refractivity (Wildman–Crippen MR) is 96.0 cm³/mol. The second-order valence-electron chi connectivity index (χ2n) is 5.42. The molecule has 0 aliphatic rings. The quantitative estimate of drug-likeness (QED) is 0.623. The molecule has 1 aromatic carbocycles. The van der Waals surface area contributed by atoms with Crippen LogP contribution in [0.1, 0.15) is 12.8 Å². The van der Waals surface area contributed by atoms with Gasteiger partial charge in [-0.15, -0.1) is 0 Å². The van der Waals surface area contributed by atoms with E-state index in [4.69, 9.17) is 5.11 Å². The Labute approximate surface area is 147 Å². The van der Waals surface area contributed by atoms with Gasteiger partial charge in [0.25, 0.3) is 5.56 Å². The van der Waals surface area contributed by atoms with Crippen molar-refractivity contribution in [2.75, 3.05) is 12.0 Å². The lowest BCUT2D eigenvalue weighted by Crippen LogP contribution is -2.42. The van der Waals surface area contributed by atoms with Crippen LogP contribution in [0.3, 0.4) is 0 Å². The average Bonchev–Trinajstić information content (AvgIpc) is 2.58. The molecule has 1 atom stereocenters. The number of amides is 1. The van der Waals surface area contributed by atoms with E-state index < -0.39 is 29.2 Å². The second kappa shape index (κ2) is 8.52. The van der Waals surface area contributed by atoms with Crippen LogP contribution in [0.25, 0.3) is 10.9 Å². The van der Waals surface area contributed by atoms with Gasteiger partial charge >= 0.3 is 11.7 Å². The molecule has 8 nitrogen and oxygen atoms in total. The van der Waals surface area contributed by atoms with E-state index in [0.717, 1.165) is 4.57 Å². The van der Waals surface area contributed by atoms with Crippen molar-refractivity contribution in [3.8, 4) is 0 Å². The second-order valence-corrected chi connectivity index (χ2v) is 6.41. The third kappa shape index (κ3) is 4.72. The van der Waals surface area contributed by atoms with Crippen molar-refractivity contribution in [1.29, 1.82) is 0 Å². The summed E-state index contributed by atoms with van der Waals surface area (Å²) in [5.74, 6) is -1.03. The molecule has 1 heterocycles. The Morgan fingerprint density at radius 2 is 2.04 bits per heavy atom. The van der Waals surface area contributed by atoms with Gasteiger partial charge in [0.2, 0.25) is 5.91 Å². The Morgan fingerprint density at radius 1 is 1.32 bits per heavy atom. The Morgan fingerprint density at radius 3 is 2.72 bits per heavy atom. The molecule has 2 aromatic rings. The number of aromatic nitrogens is 2. The molecule has 0 saturated carbocycles. The van der Waals surface area contributed by atoms with Gasteiger partial charge in [0.1, 0.15) is 6.04 Å². The number of carboxylic acids is 1. The van der Waals surface area contributed by atoms with E-state index in [2.05, 4.69) is 10.3 Å². The van der Waals surface area contributed by atoms with Crippen LogP contribution < -0.4 is 16.6 Å². The van der Waals surface area contributed by atoms with Crippen molar-refractivity contribution in [3.63, 3.8) is 0 Å². The van der Waals surface area contributed by atoms with Gasteiger partial charge in [0.05, 0.1) is 10.9 Å². The molecule has 1 aromatic heterocycles. The molecule has 25 heavy (non-hydrogen) atoms. The molecule has 0 spiro atoms. The zero-order valence-corrected chi connectivity index (χ0v) is 14.5. The van der Waals surface area contributed by atoms with Crippen molar-refractivity contribution in [2.24, 2.45) is 0 Å². The number of nitrogens with one attached hydrogen (secondary N) is 2. The lowest BCUT2D eigenvalue weighted by molar-refractivity contribution is -0.141. The van der Waals surface area contributed by atoms with Gasteiger partial charge in [-0.1, -0.05) is 12.1 Å². The zero-order valence-electron chi connectivity index (χ0n) is 13.7.